The zero-order valence-electron chi connectivity index (χ0n) is 12.3. The first kappa shape index (κ1) is 14.0. The van der Waals surface area contributed by atoms with E-state index in [4.69, 9.17) is 9.47 Å². The third-order valence-electron chi connectivity index (χ3n) is 3.48. The van der Waals surface area contributed by atoms with E-state index in [-0.39, 0.29) is 5.91 Å². The van der Waals surface area contributed by atoms with E-state index in [1.807, 2.05) is 18.2 Å². The predicted octanol–water partition coefficient (Wildman–Crippen LogP) is 3.44. The molecule has 5 nitrogen and oxygen atoms in total. The summed E-state index contributed by atoms with van der Waals surface area (Å²) in [6.07, 6.45) is 1.70. The molecule has 1 amide bonds. The van der Waals surface area contributed by atoms with E-state index in [0.717, 1.165) is 22.4 Å². The molecule has 0 aliphatic rings. The van der Waals surface area contributed by atoms with Crippen molar-refractivity contribution < 1.29 is 14.3 Å². The molecule has 0 aliphatic heterocycles. The second-order valence-electron chi connectivity index (χ2n) is 4.80. The molecular formula is C17H16N2O3. The van der Waals surface area contributed by atoms with E-state index >= 15 is 0 Å². The molecule has 1 heterocycles. The number of rotatable bonds is 4. The predicted molar refractivity (Wildman–Crippen MR) is 85.8 cm³/mol. The van der Waals surface area contributed by atoms with Crippen molar-refractivity contribution in [1.29, 1.82) is 0 Å². The molecule has 3 aromatic rings. The molecule has 0 bridgehead atoms. The Labute approximate surface area is 127 Å². The first-order valence-electron chi connectivity index (χ1n) is 6.82. The average molecular weight is 296 g/mol. The number of methoxy groups -OCH3 is 2. The van der Waals surface area contributed by atoms with Crippen LogP contribution in [0, 0.1) is 0 Å². The summed E-state index contributed by atoms with van der Waals surface area (Å²) in [4.78, 5) is 15.5. The quantitative estimate of drug-likeness (QED) is 0.775. The molecule has 0 atom stereocenters. The summed E-state index contributed by atoms with van der Waals surface area (Å²) in [5, 5.41) is 3.72. The van der Waals surface area contributed by atoms with Gasteiger partial charge in [0.05, 0.1) is 19.8 Å². The van der Waals surface area contributed by atoms with E-state index in [1.165, 1.54) is 0 Å². The van der Waals surface area contributed by atoms with E-state index in [1.54, 1.807) is 44.7 Å². The molecule has 0 fully saturated rings. The third kappa shape index (κ3) is 2.61. The second-order valence-corrected chi connectivity index (χ2v) is 4.80. The molecule has 0 saturated heterocycles. The minimum Gasteiger partial charge on any atom is -0.497 e. The van der Waals surface area contributed by atoms with Gasteiger partial charge in [0, 0.05) is 28.9 Å². The van der Waals surface area contributed by atoms with Crippen molar-refractivity contribution in [3.63, 3.8) is 0 Å². The van der Waals surface area contributed by atoms with Gasteiger partial charge in [-0.05, 0) is 36.4 Å². The maximum Gasteiger partial charge on any atom is 0.257 e. The van der Waals surface area contributed by atoms with Gasteiger partial charge < -0.3 is 19.8 Å². The Morgan fingerprint density at radius 1 is 1.00 bits per heavy atom. The maximum absolute atomic E-state index is 12.4. The van der Waals surface area contributed by atoms with Crippen molar-refractivity contribution in [2.24, 2.45) is 0 Å². The Balaban J connectivity index is 1.85. The minimum absolute atomic E-state index is 0.165. The van der Waals surface area contributed by atoms with Crippen LogP contribution in [0.3, 0.4) is 0 Å². The molecule has 0 saturated carbocycles. The zero-order valence-corrected chi connectivity index (χ0v) is 12.3. The van der Waals surface area contributed by atoms with Crippen LogP contribution >= 0.6 is 0 Å². The Morgan fingerprint density at radius 2 is 1.68 bits per heavy atom. The van der Waals surface area contributed by atoms with Crippen molar-refractivity contribution in [2.75, 3.05) is 19.5 Å². The Kier molecular flexibility index (Phi) is 3.70. The van der Waals surface area contributed by atoms with Crippen molar-refractivity contribution in [3.8, 4) is 11.5 Å². The van der Waals surface area contributed by atoms with E-state index < -0.39 is 0 Å². The topological polar surface area (TPSA) is 63.3 Å². The summed E-state index contributed by atoms with van der Waals surface area (Å²) in [7, 11) is 3.22. The fourth-order valence-corrected chi connectivity index (χ4v) is 2.29. The number of hydrogen-bond donors (Lipinski definition) is 2. The van der Waals surface area contributed by atoms with Crippen LogP contribution in [0.1, 0.15) is 10.4 Å². The van der Waals surface area contributed by atoms with Gasteiger partial charge in [0.1, 0.15) is 11.5 Å². The highest BCUT2D eigenvalue weighted by Gasteiger charge is 2.12. The van der Waals surface area contributed by atoms with Gasteiger partial charge >= 0.3 is 0 Å². The van der Waals surface area contributed by atoms with Gasteiger partial charge in [0.15, 0.2) is 0 Å². The normalized spacial score (nSPS) is 10.5. The summed E-state index contributed by atoms with van der Waals surface area (Å²) in [5.41, 5.74) is 2.17. The van der Waals surface area contributed by atoms with Gasteiger partial charge in [-0.3, -0.25) is 4.79 Å². The lowest BCUT2D eigenvalue weighted by Crippen LogP contribution is -2.11. The first-order chi connectivity index (χ1) is 10.7. The summed E-state index contributed by atoms with van der Waals surface area (Å²) in [6, 6.07) is 12.8. The van der Waals surface area contributed by atoms with Crippen molar-refractivity contribution in [3.05, 3.63) is 54.2 Å². The zero-order chi connectivity index (χ0) is 15.5. The number of amides is 1. The Bertz CT molecular complexity index is 806. The minimum atomic E-state index is -0.165. The van der Waals surface area contributed by atoms with Gasteiger partial charge in [0.25, 0.3) is 5.91 Å². The lowest BCUT2D eigenvalue weighted by molar-refractivity contribution is 0.102. The summed E-state index contributed by atoms with van der Waals surface area (Å²) in [6.45, 7) is 0. The molecule has 2 N–H and O–H groups in total. The Morgan fingerprint density at radius 3 is 2.36 bits per heavy atom. The number of ether oxygens (including phenoxy) is 2. The molecule has 2 aromatic carbocycles. The fourth-order valence-electron chi connectivity index (χ4n) is 2.29. The van der Waals surface area contributed by atoms with Crippen LogP contribution in [0.4, 0.5) is 5.69 Å². The molecule has 1 aromatic heterocycles. The highest BCUT2D eigenvalue weighted by Crippen LogP contribution is 2.24. The Hall–Kier alpha value is -2.95. The number of benzene rings is 2. The lowest BCUT2D eigenvalue weighted by Gasteiger charge is -2.06. The average Bonchev–Trinajstić information content (AvgIpc) is 2.98. The van der Waals surface area contributed by atoms with Gasteiger partial charge in [-0.1, -0.05) is 0 Å². The van der Waals surface area contributed by atoms with Crippen LogP contribution < -0.4 is 14.8 Å². The van der Waals surface area contributed by atoms with E-state index in [0.29, 0.717) is 11.3 Å². The van der Waals surface area contributed by atoms with E-state index in [9.17, 15) is 4.79 Å². The van der Waals surface area contributed by atoms with Crippen molar-refractivity contribution >= 4 is 22.5 Å². The molecular weight excluding hydrogens is 280 g/mol. The molecule has 0 aliphatic carbocycles. The number of carbonyl (C=O) groups is 1. The van der Waals surface area contributed by atoms with Crippen LogP contribution in [-0.4, -0.2) is 25.1 Å². The number of H-pyrrole nitrogens is 1. The van der Waals surface area contributed by atoms with Crippen molar-refractivity contribution in [1.82, 2.24) is 4.98 Å². The summed E-state index contributed by atoms with van der Waals surface area (Å²) >= 11 is 0. The second kappa shape index (κ2) is 5.81. The molecule has 3 rings (SSSR count). The molecule has 0 radical (unpaired) electrons. The van der Waals surface area contributed by atoms with Crippen molar-refractivity contribution in [2.45, 2.75) is 0 Å². The van der Waals surface area contributed by atoms with Crippen LogP contribution in [0.25, 0.3) is 10.9 Å². The molecule has 0 unspecified atom stereocenters. The SMILES string of the molecule is COc1ccc(NC(=O)c2c[nH]c3cc(OC)ccc23)cc1. The number of hydrogen-bond acceptors (Lipinski definition) is 3. The monoisotopic (exact) mass is 296 g/mol. The smallest absolute Gasteiger partial charge is 0.257 e. The maximum atomic E-state index is 12.4. The largest absolute Gasteiger partial charge is 0.497 e. The van der Waals surface area contributed by atoms with Gasteiger partial charge in [-0.15, -0.1) is 0 Å². The number of anilines is 1. The molecule has 5 heteroatoms. The first-order valence-corrected chi connectivity index (χ1v) is 6.82. The summed E-state index contributed by atoms with van der Waals surface area (Å²) < 4.78 is 10.3. The highest BCUT2D eigenvalue weighted by atomic mass is 16.5. The van der Waals surface area contributed by atoms with Crippen LogP contribution in [0.5, 0.6) is 11.5 Å². The molecule has 0 spiro atoms. The molecule has 112 valence electrons. The van der Waals surface area contributed by atoms with Crippen LogP contribution in [0.15, 0.2) is 48.7 Å². The highest BCUT2D eigenvalue weighted by molar-refractivity contribution is 6.12. The standard InChI is InChI=1S/C17H16N2O3/c1-21-12-5-3-11(4-6-12)19-17(20)15-10-18-16-9-13(22-2)7-8-14(15)16/h3-10,18H,1-2H3,(H,19,20). The number of fused-ring (bicyclic) bond motifs is 1. The van der Waals surface area contributed by atoms with Gasteiger partial charge in [-0.25, -0.2) is 0 Å². The van der Waals surface area contributed by atoms with Gasteiger partial charge in [0.2, 0.25) is 0 Å². The third-order valence-corrected chi connectivity index (χ3v) is 3.48. The van der Waals surface area contributed by atoms with Crippen LogP contribution in [-0.2, 0) is 0 Å². The number of nitrogens with one attached hydrogen (secondary N) is 2. The van der Waals surface area contributed by atoms with Gasteiger partial charge in [-0.2, -0.15) is 0 Å². The van der Waals surface area contributed by atoms with E-state index in [2.05, 4.69) is 10.3 Å². The number of aromatic amines is 1. The fraction of sp³-hybridized carbons (Fsp3) is 0.118. The van der Waals surface area contributed by atoms with Crippen LogP contribution in [0.2, 0.25) is 0 Å². The number of carbonyl (C=O) groups excluding carboxylic acids is 1. The summed E-state index contributed by atoms with van der Waals surface area (Å²) in [5.74, 6) is 1.33. The lowest BCUT2D eigenvalue weighted by atomic mass is 10.1. The number of aromatic nitrogens is 1. The molecule has 22 heavy (non-hydrogen) atoms.